The minimum absolute atomic E-state index is 0.294. The van der Waals surface area contributed by atoms with Crippen LogP contribution in [0.1, 0.15) is 5.56 Å². The van der Waals surface area contributed by atoms with Crippen LogP contribution in [0, 0.1) is 23.0 Å². The summed E-state index contributed by atoms with van der Waals surface area (Å²) in [6.45, 7) is -0.500. The summed E-state index contributed by atoms with van der Waals surface area (Å²) in [4.78, 5) is 11.7. The lowest BCUT2D eigenvalue weighted by Crippen LogP contribution is -2.21. The molecule has 4 nitrogen and oxygen atoms in total. The van der Waals surface area contributed by atoms with Gasteiger partial charge in [0.1, 0.15) is 6.07 Å². The maximum atomic E-state index is 13.3. The average Bonchev–Trinajstić information content (AvgIpc) is 2.49. The van der Waals surface area contributed by atoms with Gasteiger partial charge >= 0.3 is 0 Å². The standard InChI is InChI=1S/C15H10F2N2O2/c16-11-5-3-7-13(15(11)17)21-9-14(20)19-12-6-2-1-4-10(12)8-18/h1-7H,9H2,(H,19,20). The number of hydrogen-bond acceptors (Lipinski definition) is 3. The fraction of sp³-hybridized carbons (Fsp3) is 0.0667. The lowest BCUT2D eigenvalue weighted by atomic mass is 10.2. The van der Waals surface area contributed by atoms with Crippen LogP contribution in [-0.2, 0) is 4.79 Å². The van der Waals surface area contributed by atoms with Crippen LogP contribution in [0.15, 0.2) is 42.5 Å². The summed E-state index contributed by atoms with van der Waals surface area (Å²) in [7, 11) is 0. The number of halogens is 2. The molecule has 1 amide bonds. The lowest BCUT2D eigenvalue weighted by Gasteiger charge is -2.09. The highest BCUT2D eigenvalue weighted by Gasteiger charge is 2.11. The molecule has 2 rings (SSSR count). The predicted molar refractivity (Wildman–Crippen MR) is 71.6 cm³/mol. The zero-order valence-electron chi connectivity index (χ0n) is 10.8. The summed E-state index contributed by atoms with van der Waals surface area (Å²) in [6.07, 6.45) is 0. The number of hydrogen-bond donors (Lipinski definition) is 1. The number of nitrogens with zero attached hydrogens (tertiary/aromatic N) is 1. The van der Waals surface area contributed by atoms with Gasteiger partial charge in [-0.15, -0.1) is 0 Å². The fourth-order valence-electron chi connectivity index (χ4n) is 1.61. The van der Waals surface area contributed by atoms with Gasteiger partial charge in [-0.25, -0.2) is 4.39 Å². The van der Waals surface area contributed by atoms with E-state index in [0.29, 0.717) is 11.3 Å². The molecule has 0 heterocycles. The second-order valence-corrected chi connectivity index (χ2v) is 4.05. The summed E-state index contributed by atoms with van der Waals surface area (Å²) in [6, 6.07) is 11.8. The molecule has 2 aromatic rings. The quantitative estimate of drug-likeness (QED) is 0.941. The summed E-state index contributed by atoms with van der Waals surface area (Å²) in [5.41, 5.74) is 0.621. The van der Waals surface area contributed by atoms with Gasteiger partial charge in [-0.3, -0.25) is 4.79 Å². The van der Waals surface area contributed by atoms with Crippen molar-refractivity contribution in [2.45, 2.75) is 0 Å². The van der Waals surface area contributed by atoms with Crippen LogP contribution in [0.4, 0.5) is 14.5 Å². The first-order chi connectivity index (χ1) is 10.1. The molecule has 0 aliphatic heterocycles. The highest BCUT2D eigenvalue weighted by atomic mass is 19.2. The molecule has 2 aromatic carbocycles. The van der Waals surface area contributed by atoms with E-state index in [9.17, 15) is 13.6 Å². The van der Waals surface area contributed by atoms with Crippen molar-refractivity contribution < 1.29 is 18.3 Å². The molecular formula is C15H10F2N2O2. The number of rotatable bonds is 4. The third-order valence-corrected chi connectivity index (χ3v) is 2.60. The van der Waals surface area contributed by atoms with Crippen LogP contribution in [0.2, 0.25) is 0 Å². The number of ether oxygens (including phenoxy) is 1. The van der Waals surface area contributed by atoms with Crippen LogP contribution < -0.4 is 10.1 Å². The first kappa shape index (κ1) is 14.5. The fourth-order valence-corrected chi connectivity index (χ4v) is 1.61. The SMILES string of the molecule is N#Cc1ccccc1NC(=O)COc1cccc(F)c1F. The molecular weight excluding hydrogens is 278 g/mol. The number of para-hydroxylation sites is 1. The monoisotopic (exact) mass is 288 g/mol. The molecule has 0 saturated carbocycles. The molecule has 0 spiro atoms. The van der Waals surface area contributed by atoms with Crippen molar-refractivity contribution >= 4 is 11.6 Å². The van der Waals surface area contributed by atoms with Gasteiger partial charge in [-0.1, -0.05) is 18.2 Å². The van der Waals surface area contributed by atoms with Crippen LogP contribution in [0.3, 0.4) is 0 Å². The van der Waals surface area contributed by atoms with Crippen molar-refractivity contribution in [3.05, 3.63) is 59.7 Å². The van der Waals surface area contributed by atoms with Crippen LogP contribution >= 0.6 is 0 Å². The number of carbonyl (C=O) groups is 1. The molecule has 0 unspecified atom stereocenters. The topological polar surface area (TPSA) is 62.1 Å². The molecule has 0 radical (unpaired) electrons. The largest absolute Gasteiger partial charge is 0.481 e. The summed E-state index contributed by atoms with van der Waals surface area (Å²) in [5, 5.41) is 11.3. The number of amides is 1. The first-order valence-electron chi connectivity index (χ1n) is 5.97. The van der Waals surface area contributed by atoms with Crippen LogP contribution in [0.5, 0.6) is 5.75 Å². The molecule has 0 aromatic heterocycles. The van der Waals surface area contributed by atoms with E-state index in [4.69, 9.17) is 10.00 Å². The number of carbonyl (C=O) groups excluding carboxylic acids is 1. The van der Waals surface area contributed by atoms with E-state index in [2.05, 4.69) is 5.32 Å². The Morgan fingerprint density at radius 2 is 1.95 bits per heavy atom. The Morgan fingerprint density at radius 3 is 2.71 bits per heavy atom. The number of anilines is 1. The van der Waals surface area contributed by atoms with Crippen molar-refractivity contribution in [1.29, 1.82) is 5.26 Å². The van der Waals surface area contributed by atoms with Gasteiger partial charge in [0, 0.05) is 0 Å². The summed E-state index contributed by atoms with van der Waals surface area (Å²) in [5.74, 6) is -3.13. The Kier molecular flexibility index (Phi) is 4.46. The molecule has 6 heteroatoms. The second kappa shape index (κ2) is 6.48. The van der Waals surface area contributed by atoms with Crippen molar-refractivity contribution in [3.63, 3.8) is 0 Å². The second-order valence-electron chi connectivity index (χ2n) is 4.05. The molecule has 21 heavy (non-hydrogen) atoms. The Labute approximate surface area is 119 Å². The van der Waals surface area contributed by atoms with Crippen molar-refractivity contribution in [1.82, 2.24) is 0 Å². The van der Waals surface area contributed by atoms with E-state index in [0.717, 1.165) is 6.07 Å². The maximum Gasteiger partial charge on any atom is 0.262 e. The average molecular weight is 288 g/mol. The molecule has 1 N–H and O–H groups in total. The Morgan fingerprint density at radius 1 is 1.19 bits per heavy atom. The van der Waals surface area contributed by atoms with Crippen LogP contribution in [0.25, 0.3) is 0 Å². The normalized spacial score (nSPS) is 9.76. The molecule has 0 aliphatic carbocycles. The number of nitrogens with one attached hydrogen (secondary N) is 1. The van der Waals surface area contributed by atoms with Crippen molar-refractivity contribution in [2.24, 2.45) is 0 Å². The van der Waals surface area contributed by atoms with Crippen molar-refractivity contribution in [2.75, 3.05) is 11.9 Å². The van der Waals surface area contributed by atoms with Gasteiger partial charge in [0.05, 0.1) is 11.3 Å². The Bertz CT molecular complexity index is 711. The van der Waals surface area contributed by atoms with Gasteiger partial charge in [0.2, 0.25) is 5.82 Å². The van der Waals surface area contributed by atoms with Gasteiger partial charge in [0.15, 0.2) is 18.2 Å². The van der Waals surface area contributed by atoms with Gasteiger partial charge < -0.3 is 10.1 Å². The number of benzene rings is 2. The third-order valence-electron chi connectivity index (χ3n) is 2.60. The van der Waals surface area contributed by atoms with E-state index in [1.807, 2.05) is 6.07 Å². The van der Waals surface area contributed by atoms with Gasteiger partial charge in [-0.05, 0) is 24.3 Å². The van der Waals surface area contributed by atoms with E-state index in [1.54, 1.807) is 24.3 Å². The molecule has 0 bridgehead atoms. The zero-order chi connectivity index (χ0) is 15.2. The zero-order valence-corrected chi connectivity index (χ0v) is 10.8. The maximum absolute atomic E-state index is 13.3. The molecule has 0 atom stereocenters. The van der Waals surface area contributed by atoms with E-state index < -0.39 is 24.1 Å². The molecule has 106 valence electrons. The molecule has 0 fully saturated rings. The van der Waals surface area contributed by atoms with Crippen LogP contribution in [-0.4, -0.2) is 12.5 Å². The lowest BCUT2D eigenvalue weighted by molar-refractivity contribution is -0.118. The highest BCUT2D eigenvalue weighted by molar-refractivity contribution is 5.93. The minimum Gasteiger partial charge on any atom is -0.481 e. The molecule has 0 saturated heterocycles. The van der Waals surface area contributed by atoms with E-state index >= 15 is 0 Å². The van der Waals surface area contributed by atoms with Gasteiger partial charge in [0.25, 0.3) is 5.91 Å². The van der Waals surface area contributed by atoms with Gasteiger partial charge in [-0.2, -0.15) is 9.65 Å². The van der Waals surface area contributed by atoms with E-state index in [-0.39, 0.29) is 5.75 Å². The summed E-state index contributed by atoms with van der Waals surface area (Å²) < 4.78 is 31.2. The molecule has 0 aliphatic rings. The minimum atomic E-state index is -1.15. The Hall–Kier alpha value is -2.94. The summed E-state index contributed by atoms with van der Waals surface area (Å²) >= 11 is 0. The number of nitriles is 1. The van der Waals surface area contributed by atoms with E-state index in [1.165, 1.54) is 12.1 Å². The highest BCUT2D eigenvalue weighted by Crippen LogP contribution is 2.19. The smallest absolute Gasteiger partial charge is 0.262 e. The van der Waals surface area contributed by atoms with Crippen molar-refractivity contribution in [3.8, 4) is 11.8 Å². The predicted octanol–water partition coefficient (Wildman–Crippen LogP) is 2.85. The third kappa shape index (κ3) is 3.54. The Balaban J connectivity index is 2.00. The first-order valence-corrected chi connectivity index (χ1v) is 5.97.